The summed E-state index contributed by atoms with van der Waals surface area (Å²) in [6, 6.07) is 12.2. The van der Waals surface area contributed by atoms with Gasteiger partial charge in [0.2, 0.25) is 0 Å². The monoisotopic (exact) mass is 451 g/mol. The van der Waals surface area contributed by atoms with Crippen LogP contribution in [0.5, 0.6) is 0 Å². The van der Waals surface area contributed by atoms with Gasteiger partial charge >= 0.3 is 0 Å². The molecule has 0 aliphatic carbocycles. The van der Waals surface area contributed by atoms with E-state index in [1.165, 1.54) is 4.90 Å². The van der Waals surface area contributed by atoms with Crippen LogP contribution in [0.2, 0.25) is 0 Å². The zero-order valence-corrected chi connectivity index (χ0v) is 16.1. The van der Waals surface area contributed by atoms with E-state index in [1.54, 1.807) is 36.4 Å². The van der Waals surface area contributed by atoms with Gasteiger partial charge < -0.3 is 10.0 Å². The fourth-order valence-corrected chi connectivity index (χ4v) is 3.60. The second kappa shape index (κ2) is 6.43. The lowest BCUT2D eigenvalue weighted by molar-refractivity contribution is -0.135. The van der Waals surface area contributed by atoms with Crippen LogP contribution in [0.15, 0.2) is 51.4 Å². The highest BCUT2D eigenvalue weighted by Crippen LogP contribution is 2.44. The molecule has 1 heterocycles. The Hall–Kier alpha value is -1.50. The quantitative estimate of drug-likeness (QED) is 0.712. The molecule has 1 atom stereocenters. The number of carbonyl (C=O) groups is 2. The van der Waals surface area contributed by atoms with E-state index < -0.39 is 11.5 Å². The lowest BCUT2D eigenvalue weighted by Crippen LogP contribution is -2.41. The number of nitrogens with zero attached hydrogens (tertiary/aromatic N) is 1. The van der Waals surface area contributed by atoms with E-state index in [9.17, 15) is 14.7 Å². The van der Waals surface area contributed by atoms with Crippen molar-refractivity contribution in [2.75, 3.05) is 11.4 Å². The number of likely N-dealkylation sites (N-methyl/N-ethyl adjacent to an activating group) is 1. The Morgan fingerprint density at radius 1 is 1.12 bits per heavy atom. The van der Waals surface area contributed by atoms with Gasteiger partial charge in [-0.15, -0.1) is 0 Å². The van der Waals surface area contributed by atoms with Crippen molar-refractivity contribution in [3.05, 3.63) is 62.5 Å². The molecule has 124 valence electrons. The van der Waals surface area contributed by atoms with E-state index in [0.717, 1.165) is 8.95 Å². The number of carbonyl (C=O) groups excluding carboxylic acids is 2. The molecule has 1 N–H and O–H groups in total. The zero-order chi connectivity index (χ0) is 17.5. The molecular formula is C18H15Br2NO3. The second-order valence-electron chi connectivity index (χ2n) is 5.68. The van der Waals surface area contributed by atoms with E-state index in [1.807, 2.05) is 13.0 Å². The van der Waals surface area contributed by atoms with Crippen molar-refractivity contribution in [2.45, 2.75) is 18.9 Å². The number of fused-ring (bicyclic) bond motifs is 1. The molecule has 6 heteroatoms. The topological polar surface area (TPSA) is 57.6 Å². The Labute approximate surface area is 156 Å². The van der Waals surface area contributed by atoms with Crippen LogP contribution in [0.4, 0.5) is 5.69 Å². The number of anilines is 1. The third kappa shape index (κ3) is 2.83. The van der Waals surface area contributed by atoms with Gasteiger partial charge in [0.05, 0.1) is 12.1 Å². The Kier molecular flexibility index (Phi) is 4.64. The number of rotatable bonds is 4. The van der Waals surface area contributed by atoms with Crippen molar-refractivity contribution in [2.24, 2.45) is 0 Å². The van der Waals surface area contributed by atoms with Crippen LogP contribution in [0.25, 0.3) is 0 Å². The van der Waals surface area contributed by atoms with Crippen molar-refractivity contribution >= 4 is 49.2 Å². The minimum atomic E-state index is -1.83. The molecule has 0 unspecified atom stereocenters. The first-order chi connectivity index (χ1) is 11.4. The van der Waals surface area contributed by atoms with Crippen LogP contribution in [-0.2, 0) is 10.4 Å². The average Bonchev–Trinajstić information content (AvgIpc) is 2.76. The molecule has 0 bridgehead atoms. The molecule has 0 fully saturated rings. The molecule has 24 heavy (non-hydrogen) atoms. The van der Waals surface area contributed by atoms with Crippen molar-refractivity contribution in [3.63, 3.8) is 0 Å². The lowest BCUT2D eigenvalue weighted by atomic mass is 9.88. The third-order valence-corrected chi connectivity index (χ3v) is 5.21. The minimum absolute atomic E-state index is 0.276. The Bertz CT molecular complexity index is 820. The van der Waals surface area contributed by atoms with E-state index in [4.69, 9.17) is 0 Å². The van der Waals surface area contributed by atoms with Crippen LogP contribution in [-0.4, -0.2) is 23.3 Å². The molecule has 1 aliphatic rings. The normalized spacial score (nSPS) is 19.5. The standard InChI is InChI=1S/C18H15Br2NO3/c1-2-21-15-8-7-13(20)9-14(15)18(24,17(21)23)10-16(22)11-3-5-12(19)6-4-11/h3-9,24H,2,10H2,1H3/t18-/m0/s1. The van der Waals surface area contributed by atoms with E-state index in [0.29, 0.717) is 23.4 Å². The molecule has 2 aromatic rings. The van der Waals surface area contributed by atoms with Gasteiger partial charge in [-0.05, 0) is 37.3 Å². The molecule has 0 spiro atoms. The summed E-state index contributed by atoms with van der Waals surface area (Å²) in [5, 5.41) is 11.1. The number of hydrogen-bond acceptors (Lipinski definition) is 3. The van der Waals surface area contributed by atoms with Crippen molar-refractivity contribution in [3.8, 4) is 0 Å². The maximum Gasteiger partial charge on any atom is 0.264 e. The average molecular weight is 453 g/mol. The van der Waals surface area contributed by atoms with Crippen LogP contribution >= 0.6 is 31.9 Å². The van der Waals surface area contributed by atoms with E-state index in [2.05, 4.69) is 31.9 Å². The molecule has 0 radical (unpaired) electrons. The number of Topliss-reactive ketones (excluding diaryl/α,β-unsaturated/α-hetero) is 1. The van der Waals surface area contributed by atoms with Gasteiger partial charge in [0, 0.05) is 26.6 Å². The fraction of sp³-hybridized carbons (Fsp3) is 0.222. The third-order valence-electron chi connectivity index (χ3n) is 4.19. The first-order valence-corrected chi connectivity index (χ1v) is 9.08. The second-order valence-corrected chi connectivity index (χ2v) is 7.51. The number of halogens is 2. The lowest BCUT2D eigenvalue weighted by Gasteiger charge is -2.22. The molecule has 1 aliphatic heterocycles. The number of aliphatic hydroxyl groups is 1. The summed E-state index contributed by atoms with van der Waals surface area (Å²) in [7, 11) is 0. The summed E-state index contributed by atoms with van der Waals surface area (Å²) >= 11 is 6.69. The molecule has 4 nitrogen and oxygen atoms in total. The van der Waals surface area contributed by atoms with Gasteiger partial charge in [-0.25, -0.2) is 0 Å². The predicted octanol–water partition coefficient (Wildman–Crippen LogP) is 4.04. The Morgan fingerprint density at radius 2 is 1.75 bits per heavy atom. The first-order valence-electron chi connectivity index (χ1n) is 7.50. The molecule has 1 amide bonds. The maximum absolute atomic E-state index is 12.7. The molecule has 0 saturated carbocycles. The predicted molar refractivity (Wildman–Crippen MR) is 99.2 cm³/mol. The maximum atomic E-state index is 12.7. The van der Waals surface area contributed by atoms with Gasteiger partial charge in [-0.3, -0.25) is 9.59 Å². The van der Waals surface area contributed by atoms with Crippen LogP contribution in [0.3, 0.4) is 0 Å². The minimum Gasteiger partial charge on any atom is -0.375 e. The van der Waals surface area contributed by atoms with Gasteiger partial charge in [0.15, 0.2) is 11.4 Å². The number of hydrogen-bond donors (Lipinski definition) is 1. The molecule has 0 aromatic heterocycles. The summed E-state index contributed by atoms with van der Waals surface area (Å²) in [6.07, 6.45) is -0.284. The van der Waals surface area contributed by atoms with Gasteiger partial charge in [0.1, 0.15) is 0 Å². The van der Waals surface area contributed by atoms with E-state index >= 15 is 0 Å². The molecule has 0 saturated heterocycles. The summed E-state index contributed by atoms with van der Waals surface area (Å²) in [5.74, 6) is -0.731. The largest absolute Gasteiger partial charge is 0.375 e. The highest BCUT2D eigenvalue weighted by atomic mass is 79.9. The van der Waals surface area contributed by atoms with Crippen LogP contribution in [0, 0.1) is 0 Å². The molecular weight excluding hydrogens is 438 g/mol. The van der Waals surface area contributed by atoms with Crippen molar-refractivity contribution in [1.82, 2.24) is 0 Å². The number of ketones is 1. The molecule has 3 rings (SSSR count). The zero-order valence-electron chi connectivity index (χ0n) is 12.9. The number of amides is 1. The smallest absolute Gasteiger partial charge is 0.264 e. The summed E-state index contributed by atoms with van der Waals surface area (Å²) < 4.78 is 1.61. The highest BCUT2D eigenvalue weighted by molar-refractivity contribution is 9.10. The fourth-order valence-electron chi connectivity index (χ4n) is 2.98. The van der Waals surface area contributed by atoms with E-state index in [-0.39, 0.29) is 12.2 Å². The highest BCUT2D eigenvalue weighted by Gasteiger charge is 2.50. The van der Waals surface area contributed by atoms with Crippen LogP contribution in [0.1, 0.15) is 29.3 Å². The van der Waals surface area contributed by atoms with Crippen molar-refractivity contribution < 1.29 is 14.7 Å². The van der Waals surface area contributed by atoms with Gasteiger partial charge in [-0.1, -0.05) is 44.0 Å². The Balaban J connectivity index is 2.00. The van der Waals surface area contributed by atoms with Gasteiger partial charge in [-0.2, -0.15) is 0 Å². The SMILES string of the molecule is CCN1C(=O)[C@](O)(CC(=O)c2ccc(Br)cc2)c2cc(Br)ccc21. The summed E-state index contributed by atoms with van der Waals surface area (Å²) in [4.78, 5) is 26.9. The Morgan fingerprint density at radius 3 is 2.38 bits per heavy atom. The van der Waals surface area contributed by atoms with Gasteiger partial charge in [0.25, 0.3) is 5.91 Å². The molecule has 2 aromatic carbocycles. The summed E-state index contributed by atoms with van der Waals surface area (Å²) in [6.45, 7) is 2.27. The van der Waals surface area contributed by atoms with Crippen LogP contribution < -0.4 is 4.90 Å². The first kappa shape index (κ1) is 17.3. The summed E-state index contributed by atoms with van der Waals surface area (Å²) in [5.41, 5.74) is -0.254. The number of benzene rings is 2. The van der Waals surface area contributed by atoms with Crippen molar-refractivity contribution in [1.29, 1.82) is 0 Å².